The van der Waals surface area contributed by atoms with E-state index in [2.05, 4.69) is 0 Å². The smallest absolute Gasteiger partial charge is 0.500 e. The zero-order valence-electron chi connectivity index (χ0n) is 31.9. The molecule has 1 saturated heterocycles. The largest absolute Gasteiger partial charge is 0.508 e. The van der Waals surface area contributed by atoms with E-state index < -0.39 is 90.0 Å². The molecule has 1 aliphatic heterocycles. The van der Waals surface area contributed by atoms with Gasteiger partial charge in [-0.3, -0.25) is 0 Å². The van der Waals surface area contributed by atoms with Crippen molar-refractivity contribution in [2.24, 2.45) is 5.41 Å². The van der Waals surface area contributed by atoms with Gasteiger partial charge in [0.05, 0.1) is 49.6 Å². The number of aromatic hydroxyl groups is 1. The van der Waals surface area contributed by atoms with Crippen molar-refractivity contribution in [2.75, 3.05) is 52.9 Å². The van der Waals surface area contributed by atoms with Crippen LogP contribution in [0.2, 0.25) is 6.04 Å². The van der Waals surface area contributed by atoms with E-state index in [4.69, 9.17) is 32.2 Å². The van der Waals surface area contributed by atoms with Crippen molar-refractivity contribution in [3.63, 3.8) is 0 Å². The number of aryl methyl sites for hydroxylation is 1. The first-order valence-corrected chi connectivity index (χ1v) is 20.6. The van der Waals surface area contributed by atoms with E-state index in [1.165, 1.54) is 0 Å². The molecule has 1 aliphatic rings. The van der Waals surface area contributed by atoms with Crippen LogP contribution in [0.5, 0.6) is 23.0 Å². The van der Waals surface area contributed by atoms with Crippen molar-refractivity contribution in [3.05, 3.63) is 70.3 Å². The Morgan fingerprint density at radius 1 is 0.625 bits per heavy atom. The summed E-state index contributed by atoms with van der Waals surface area (Å²) >= 11 is 0. The predicted molar refractivity (Wildman–Crippen MR) is 192 cm³/mol. The van der Waals surface area contributed by atoms with Gasteiger partial charge in [-0.2, -0.15) is 17.6 Å². The lowest BCUT2D eigenvalue weighted by atomic mass is 9.84. The highest BCUT2D eigenvalue weighted by atomic mass is 28.4. The van der Waals surface area contributed by atoms with E-state index in [9.17, 15) is 22.7 Å². The minimum atomic E-state index is -2.83. The van der Waals surface area contributed by atoms with E-state index in [0.29, 0.717) is 82.3 Å². The maximum absolute atomic E-state index is 15.1. The average Bonchev–Trinajstić information content (AvgIpc) is 3.16. The Hall–Kier alpha value is -3.64. The number of rotatable bonds is 24. The summed E-state index contributed by atoms with van der Waals surface area (Å²) in [5, 5.41) is 10.4. The number of hydrogen-bond donors (Lipinski definition) is 1. The van der Waals surface area contributed by atoms with E-state index in [1.807, 2.05) is 20.8 Å². The van der Waals surface area contributed by atoms with Crippen molar-refractivity contribution in [1.82, 2.24) is 0 Å². The fourth-order valence-corrected chi connectivity index (χ4v) is 8.80. The van der Waals surface area contributed by atoms with Gasteiger partial charge in [-0.1, -0.05) is 6.92 Å². The van der Waals surface area contributed by atoms with Crippen LogP contribution in [0.25, 0.3) is 11.1 Å². The SMILES string of the molecule is CCO[Si](CCCc1cc(OCCCCCCOc2c(F)c(F)c(-c3c(F)c(F)c(OCC4(CC)COC4)c(F)c3F)c(F)c2F)ccc1O)(OCC)OCC. The van der Waals surface area contributed by atoms with Gasteiger partial charge in [0.2, 0.25) is 23.3 Å². The van der Waals surface area contributed by atoms with Crippen LogP contribution < -0.4 is 14.2 Å². The van der Waals surface area contributed by atoms with E-state index in [1.54, 1.807) is 25.1 Å². The summed E-state index contributed by atoms with van der Waals surface area (Å²) in [7, 11) is -2.83. The molecule has 0 saturated carbocycles. The summed E-state index contributed by atoms with van der Waals surface area (Å²) in [5.41, 5.74) is -3.95. The minimum absolute atomic E-state index is 0.123. The second-order valence-corrected chi connectivity index (χ2v) is 16.0. The maximum atomic E-state index is 15.1. The Morgan fingerprint density at radius 2 is 1.11 bits per heavy atom. The van der Waals surface area contributed by atoms with E-state index in [0.717, 1.165) is 0 Å². The fraction of sp³-hybridized carbons (Fsp3) is 0.538. The number of unbranched alkanes of at least 4 members (excludes halogenated alkanes) is 3. The first-order chi connectivity index (χ1) is 26.8. The van der Waals surface area contributed by atoms with Gasteiger partial charge >= 0.3 is 8.80 Å². The summed E-state index contributed by atoms with van der Waals surface area (Å²) in [6, 6.07) is 5.50. The van der Waals surface area contributed by atoms with Crippen molar-refractivity contribution in [1.29, 1.82) is 0 Å². The van der Waals surface area contributed by atoms with Crippen LogP contribution in [-0.4, -0.2) is 66.8 Å². The Labute approximate surface area is 322 Å². The lowest BCUT2D eigenvalue weighted by Crippen LogP contribution is -2.46. The number of hydrogen-bond acceptors (Lipinski definition) is 8. The lowest BCUT2D eigenvalue weighted by molar-refractivity contribution is -0.134. The number of phenolic OH excluding ortho intramolecular Hbond substituents is 1. The van der Waals surface area contributed by atoms with Crippen molar-refractivity contribution < 1.29 is 72.5 Å². The molecule has 1 heterocycles. The number of phenols is 1. The summed E-state index contributed by atoms with van der Waals surface area (Å²) in [6.45, 7) is 8.64. The van der Waals surface area contributed by atoms with Crippen LogP contribution in [0, 0.1) is 52.0 Å². The molecule has 56 heavy (non-hydrogen) atoms. The Balaban J connectivity index is 1.29. The Bertz CT molecular complexity index is 1700. The van der Waals surface area contributed by atoms with Crippen molar-refractivity contribution in [3.8, 4) is 34.1 Å². The maximum Gasteiger partial charge on any atom is 0.500 e. The van der Waals surface area contributed by atoms with E-state index >= 15 is 17.6 Å². The first-order valence-electron chi connectivity index (χ1n) is 18.7. The molecule has 0 aliphatic carbocycles. The second kappa shape index (κ2) is 20.7. The minimum Gasteiger partial charge on any atom is -0.508 e. The monoisotopic (exact) mass is 824 g/mol. The van der Waals surface area contributed by atoms with Gasteiger partial charge in [0.25, 0.3) is 0 Å². The molecule has 0 aromatic heterocycles. The number of ether oxygens (including phenoxy) is 4. The van der Waals surface area contributed by atoms with Gasteiger partial charge in [0.1, 0.15) is 11.5 Å². The molecule has 8 nitrogen and oxygen atoms in total. The molecule has 1 fully saturated rings. The quantitative estimate of drug-likeness (QED) is 0.0414. The molecule has 0 radical (unpaired) electrons. The molecule has 0 bridgehead atoms. The molecule has 0 unspecified atom stereocenters. The van der Waals surface area contributed by atoms with E-state index in [-0.39, 0.29) is 32.0 Å². The lowest BCUT2D eigenvalue weighted by Gasteiger charge is -2.40. The molecule has 0 spiro atoms. The summed E-state index contributed by atoms with van der Waals surface area (Å²) in [5.74, 6) is -20.1. The average molecular weight is 825 g/mol. The third-order valence-corrected chi connectivity index (χ3v) is 12.6. The zero-order valence-corrected chi connectivity index (χ0v) is 32.9. The molecule has 3 aromatic rings. The molecule has 17 heteroatoms. The molecule has 312 valence electrons. The highest BCUT2D eigenvalue weighted by molar-refractivity contribution is 6.60. The summed E-state index contributed by atoms with van der Waals surface area (Å²) in [6.07, 6.45) is 3.42. The van der Waals surface area contributed by atoms with Crippen LogP contribution in [0.1, 0.15) is 71.8 Å². The van der Waals surface area contributed by atoms with Gasteiger partial charge in [-0.25, -0.2) is 17.6 Å². The van der Waals surface area contributed by atoms with Gasteiger partial charge in [-0.05, 0) is 89.5 Å². The van der Waals surface area contributed by atoms with Gasteiger partial charge in [-0.15, -0.1) is 0 Å². The molecule has 4 rings (SSSR count). The normalized spacial score (nSPS) is 13.9. The van der Waals surface area contributed by atoms with Crippen LogP contribution in [0.15, 0.2) is 18.2 Å². The van der Waals surface area contributed by atoms with Crippen molar-refractivity contribution >= 4 is 8.80 Å². The molecular formula is C39H48F8O8Si. The molecule has 0 atom stereocenters. The zero-order chi connectivity index (χ0) is 41.0. The number of benzene rings is 3. The first kappa shape index (κ1) is 45.1. The molecule has 1 N–H and O–H groups in total. The Kier molecular flexibility index (Phi) is 16.6. The standard InChI is InChI=1S/C39H48F8O8Si/c1-5-39(21-49-22-39)23-52-38-35(46)31(42)28(32(43)36(38)47)27-29(40)33(44)37(34(45)30(27)41)51-18-12-10-9-11-17-50-25-15-16-26(48)24(20-25)14-13-19-56(53-6-2,54-7-3)55-8-4/h15-16,20,48H,5-14,17-19,21-23H2,1-4H3. The third kappa shape index (κ3) is 10.4. The number of halogens is 8. The highest BCUT2D eigenvalue weighted by Crippen LogP contribution is 2.42. The van der Waals surface area contributed by atoms with Crippen LogP contribution in [-0.2, 0) is 24.4 Å². The van der Waals surface area contributed by atoms with Gasteiger partial charge in [0, 0.05) is 25.9 Å². The van der Waals surface area contributed by atoms with Crippen LogP contribution in [0.4, 0.5) is 35.1 Å². The van der Waals surface area contributed by atoms with Crippen LogP contribution >= 0.6 is 0 Å². The molecular weight excluding hydrogens is 776 g/mol. The summed E-state index contributed by atoms with van der Waals surface area (Å²) in [4.78, 5) is 0. The highest BCUT2D eigenvalue weighted by Gasteiger charge is 2.41. The van der Waals surface area contributed by atoms with Gasteiger partial charge in [0.15, 0.2) is 34.8 Å². The third-order valence-electron chi connectivity index (χ3n) is 9.41. The van der Waals surface area contributed by atoms with Crippen molar-refractivity contribution in [2.45, 2.75) is 78.7 Å². The predicted octanol–water partition coefficient (Wildman–Crippen LogP) is 9.98. The molecule has 0 amide bonds. The van der Waals surface area contributed by atoms with Gasteiger partial charge < -0.3 is 37.3 Å². The summed E-state index contributed by atoms with van der Waals surface area (Å²) < 4.78 is 158. The Morgan fingerprint density at radius 3 is 1.55 bits per heavy atom. The molecule has 3 aromatic carbocycles. The topological polar surface area (TPSA) is 84.8 Å². The fourth-order valence-electron chi connectivity index (χ4n) is 6.19. The second-order valence-electron chi connectivity index (χ2n) is 13.3. The van der Waals surface area contributed by atoms with Crippen LogP contribution in [0.3, 0.4) is 0 Å².